The number of aromatic nitrogens is 2. The molecule has 0 bridgehead atoms. The van der Waals surface area contributed by atoms with Crippen molar-refractivity contribution in [2.75, 3.05) is 62.5 Å². The second kappa shape index (κ2) is 12.8. The first kappa shape index (κ1) is 31.8. The Morgan fingerprint density at radius 1 is 1.00 bits per heavy atom. The summed E-state index contributed by atoms with van der Waals surface area (Å²) in [5, 5.41) is 19.7. The number of halogens is 2. The van der Waals surface area contributed by atoms with Crippen LogP contribution in [0, 0.1) is 11.6 Å². The van der Waals surface area contributed by atoms with Crippen LogP contribution < -0.4 is 15.5 Å². The molecule has 0 radical (unpaired) electrons. The molecule has 0 unspecified atom stereocenters. The second-order valence-corrected chi connectivity index (χ2v) is 12.8. The molecule has 2 heterocycles. The molecule has 5 rings (SSSR count). The third-order valence-corrected chi connectivity index (χ3v) is 9.19. The molecule has 0 spiro atoms. The number of amides is 1. The quantitative estimate of drug-likeness (QED) is 0.244. The summed E-state index contributed by atoms with van der Waals surface area (Å²) < 4.78 is 60.1. The van der Waals surface area contributed by atoms with Crippen LogP contribution in [0.15, 0.2) is 64.4 Å². The predicted octanol–water partition coefficient (Wildman–Crippen LogP) is 4.12. The van der Waals surface area contributed by atoms with E-state index in [1.807, 2.05) is 19.1 Å². The number of likely N-dealkylation sites (N-methyl/N-ethyl adjacent to an activating group) is 1. The lowest BCUT2D eigenvalue weighted by Gasteiger charge is -2.34. The van der Waals surface area contributed by atoms with E-state index in [0.29, 0.717) is 35.2 Å². The topological polar surface area (TPSA) is 146 Å². The lowest BCUT2D eigenvalue weighted by Crippen LogP contribution is -2.44. The molecule has 4 aromatic rings. The van der Waals surface area contributed by atoms with Gasteiger partial charge in [0.15, 0.2) is 5.82 Å². The van der Waals surface area contributed by atoms with Gasteiger partial charge >= 0.3 is 6.09 Å². The number of nitrogens with zero attached hydrogens (tertiary/aromatic N) is 4. The zero-order valence-corrected chi connectivity index (χ0v) is 25.6. The van der Waals surface area contributed by atoms with E-state index in [2.05, 4.69) is 32.6 Å². The summed E-state index contributed by atoms with van der Waals surface area (Å²) in [6, 6.07) is 10.5. The molecule has 15 heteroatoms. The highest BCUT2D eigenvalue weighted by Gasteiger charge is 2.25. The van der Waals surface area contributed by atoms with Gasteiger partial charge in [-0.05, 0) is 62.5 Å². The Morgan fingerprint density at radius 2 is 1.69 bits per heavy atom. The Bertz CT molecular complexity index is 1850. The van der Waals surface area contributed by atoms with Gasteiger partial charge in [-0.15, -0.1) is 5.10 Å². The smallest absolute Gasteiger partial charge is 0.432 e. The molecule has 3 N–H and O–H groups in total. The number of fused-ring (bicyclic) bond motifs is 1. The van der Waals surface area contributed by atoms with Crippen LogP contribution in [0.3, 0.4) is 0 Å². The van der Waals surface area contributed by atoms with Crippen molar-refractivity contribution in [2.45, 2.75) is 22.8 Å². The zero-order valence-electron chi connectivity index (χ0n) is 24.8. The molecule has 0 saturated carbocycles. The van der Waals surface area contributed by atoms with Crippen molar-refractivity contribution >= 4 is 49.9 Å². The van der Waals surface area contributed by atoms with E-state index >= 15 is 0 Å². The molecular weight excluding hydrogens is 610 g/mol. The number of nitrogens with one attached hydrogen (secondary N) is 2. The third kappa shape index (κ3) is 6.74. The van der Waals surface area contributed by atoms with Gasteiger partial charge in [0.05, 0.1) is 27.5 Å². The SMILES string of the molecule is COC[C@H](C)Nc1cc(N2CCN(C)CC2)ccc1C(=O)Nc1nn(C(=O)O)c2ccc(S(=O)(=O)c3cc(F)cc(F)c3)cc12. The molecule has 0 aliphatic carbocycles. The highest BCUT2D eigenvalue weighted by molar-refractivity contribution is 7.91. The molecule has 12 nitrogen and oxygen atoms in total. The molecule has 45 heavy (non-hydrogen) atoms. The number of carbonyl (C=O) groups excluding carboxylic acids is 1. The lowest BCUT2D eigenvalue weighted by molar-refractivity contribution is 0.102. The standard InChI is InChI=1S/C30H32F2N6O6S/c1-18(17-44-3)33-26-15-21(37-10-8-36(2)9-11-37)4-6-24(26)29(39)34-28-25-16-22(5-7-27(25)38(35-28)30(40)41)45(42,43)23-13-19(31)12-20(32)14-23/h4-7,12-16,18,33H,8-11,17H2,1-3H3,(H,40,41)(H,34,35,39)/t18-/m0/s1. The monoisotopic (exact) mass is 642 g/mol. The van der Waals surface area contributed by atoms with E-state index in [-0.39, 0.29) is 33.2 Å². The summed E-state index contributed by atoms with van der Waals surface area (Å²) >= 11 is 0. The first-order valence-electron chi connectivity index (χ1n) is 14.0. The molecule has 238 valence electrons. The number of sulfone groups is 1. The Morgan fingerprint density at radius 3 is 2.33 bits per heavy atom. The Labute approximate surface area is 258 Å². The molecule has 1 saturated heterocycles. The minimum Gasteiger partial charge on any atom is -0.463 e. The molecule has 1 fully saturated rings. The number of methoxy groups -OCH3 is 1. The summed E-state index contributed by atoms with van der Waals surface area (Å²) in [5.74, 6) is -3.02. The van der Waals surface area contributed by atoms with Crippen LogP contribution in [0.5, 0.6) is 0 Å². The van der Waals surface area contributed by atoms with Gasteiger partial charge in [0.1, 0.15) is 11.6 Å². The van der Waals surface area contributed by atoms with E-state index in [9.17, 15) is 31.9 Å². The lowest BCUT2D eigenvalue weighted by atomic mass is 10.1. The van der Waals surface area contributed by atoms with Gasteiger partial charge in [-0.1, -0.05) is 0 Å². The first-order chi connectivity index (χ1) is 21.4. The molecule has 1 aliphatic rings. The predicted molar refractivity (Wildman–Crippen MR) is 164 cm³/mol. The summed E-state index contributed by atoms with van der Waals surface area (Å²) in [4.78, 5) is 29.1. The van der Waals surface area contributed by atoms with Gasteiger partial charge < -0.3 is 30.3 Å². The number of hydrogen-bond acceptors (Lipinski definition) is 9. The zero-order chi connectivity index (χ0) is 32.5. The highest BCUT2D eigenvalue weighted by Crippen LogP contribution is 2.31. The maximum atomic E-state index is 13.8. The van der Waals surface area contributed by atoms with Crippen LogP contribution in [-0.4, -0.2) is 93.2 Å². The van der Waals surface area contributed by atoms with Crippen molar-refractivity contribution in [1.29, 1.82) is 0 Å². The van der Waals surface area contributed by atoms with E-state index in [4.69, 9.17) is 4.74 Å². The van der Waals surface area contributed by atoms with Crippen LogP contribution in [0.1, 0.15) is 17.3 Å². The normalized spacial score (nSPS) is 14.8. The number of anilines is 3. The van der Waals surface area contributed by atoms with Gasteiger partial charge in [0.25, 0.3) is 5.91 Å². The van der Waals surface area contributed by atoms with Crippen molar-refractivity contribution in [2.24, 2.45) is 0 Å². The summed E-state index contributed by atoms with van der Waals surface area (Å²) in [6.45, 7) is 5.64. The van der Waals surface area contributed by atoms with E-state index in [0.717, 1.165) is 44.0 Å². The van der Waals surface area contributed by atoms with Crippen molar-refractivity contribution in [3.63, 3.8) is 0 Å². The van der Waals surface area contributed by atoms with E-state index in [1.54, 1.807) is 13.2 Å². The van der Waals surface area contributed by atoms with Crippen LogP contribution >= 0.6 is 0 Å². The van der Waals surface area contributed by atoms with E-state index in [1.165, 1.54) is 6.07 Å². The first-order valence-corrected chi connectivity index (χ1v) is 15.5. The van der Waals surface area contributed by atoms with Gasteiger partial charge in [-0.2, -0.15) is 4.68 Å². The number of piperazine rings is 1. The number of benzene rings is 3. The van der Waals surface area contributed by atoms with Crippen molar-refractivity contribution in [3.8, 4) is 0 Å². The fourth-order valence-electron chi connectivity index (χ4n) is 5.17. The maximum Gasteiger partial charge on any atom is 0.432 e. The molecule has 3 aromatic carbocycles. The van der Waals surface area contributed by atoms with Crippen LogP contribution in [-0.2, 0) is 14.6 Å². The van der Waals surface area contributed by atoms with Crippen LogP contribution in [0.4, 0.5) is 30.8 Å². The number of hydrogen-bond donors (Lipinski definition) is 3. The Kier molecular flexibility index (Phi) is 9.04. The largest absolute Gasteiger partial charge is 0.463 e. The summed E-state index contributed by atoms with van der Waals surface area (Å²) in [5.41, 5.74) is 1.63. The van der Waals surface area contributed by atoms with Gasteiger partial charge in [0.2, 0.25) is 9.84 Å². The fourth-order valence-corrected chi connectivity index (χ4v) is 6.49. The maximum absolute atomic E-state index is 13.8. The minimum absolute atomic E-state index is 0.0139. The highest BCUT2D eigenvalue weighted by atomic mass is 32.2. The molecule has 1 atom stereocenters. The summed E-state index contributed by atoms with van der Waals surface area (Å²) in [7, 11) is -0.815. The van der Waals surface area contributed by atoms with Gasteiger partial charge in [0, 0.05) is 62.2 Å². The van der Waals surface area contributed by atoms with Gasteiger partial charge in [-0.25, -0.2) is 22.0 Å². The Hall–Kier alpha value is -4.60. The fraction of sp³-hybridized carbons (Fsp3) is 0.300. The average molecular weight is 643 g/mol. The van der Waals surface area contributed by atoms with Crippen LogP contribution in [0.2, 0.25) is 0 Å². The number of carbonyl (C=O) groups is 2. The number of ether oxygens (including phenoxy) is 1. The number of carboxylic acid groups (broad SMARTS) is 1. The third-order valence-electron chi connectivity index (χ3n) is 7.46. The van der Waals surface area contributed by atoms with Crippen LogP contribution in [0.25, 0.3) is 10.9 Å². The molecule has 1 aromatic heterocycles. The minimum atomic E-state index is -4.44. The Balaban J connectivity index is 1.53. The molecule has 1 aliphatic heterocycles. The van der Waals surface area contributed by atoms with Crippen molar-refractivity contribution in [3.05, 3.63) is 71.8 Å². The summed E-state index contributed by atoms with van der Waals surface area (Å²) in [6.07, 6.45) is -1.48. The molecular formula is C30H32F2N6O6S. The van der Waals surface area contributed by atoms with Crippen molar-refractivity contribution < 1.29 is 36.6 Å². The van der Waals surface area contributed by atoms with E-state index < -0.39 is 38.4 Å². The second-order valence-electron chi connectivity index (χ2n) is 10.8. The number of rotatable bonds is 9. The average Bonchev–Trinajstić information content (AvgIpc) is 3.35. The van der Waals surface area contributed by atoms with Gasteiger partial charge in [-0.3, -0.25) is 4.79 Å². The van der Waals surface area contributed by atoms with Crippen molar-refractivity contribution in [1.82, 2.24) is 14.7 Å². The molecule has 1 amide bonds.